The molecule has 7 nitrogen and oxygen atoms in total. The van der Waals surface area contributed by atoms with Gasteiger partial charge in [-0.25, -0.2) is 10.5 Å². The summed E-state index contributed by atoms with van der Waals surface area (Å²) >= 11 is 0. The van der Waals surface area contributed by atoms with Crippen LogP contribution in [0.25, 0.3) is 0 Å². The predicted molar refractivity (Wildman–Crippen MR) is 86.7 cm³/mol. The predicted octanol–water partition coefficient (Wildman–Crippen LogP) is 0.832. The molecule has 0 unspecified atom stereocenters. The molecule has 1 saturated heterocycles. The van der Waals surface area contributed by atoms with Gasteiger partial charge in [-0.3, -0.25) is 15.0 Å². The summed E-state index contributed by atoms with van der Waals surface area (Å²) in [7, 11) is 0. The number of aromatic nitrogens is 2. The van der Waals surface area contributed by atoms with Gasteiger partial charge in [0.1, 0.15) is 5.82 Å². The molecule has 0 radical (unpaired) electrons. The number of carbonyl (C=O) groups is 1. The number of carbonyl (C=O) groups excluding carboxylic acids is 1. The third-order valence-electron chi connectivity index (χ3n) is 3.54. The van der Waals surface area contributed by atoms with Gasteiger partial charge in [-0.05, 0) is 18.2 Å². The van der Waals surface area contributed by atoms with Crippen LogP contribution in [0.5, 0.6) is 0 Å². The molecule has 1 fully saturated rings. The number of nitrogens with zero attached hydrogens (tertiary/aromatic N) is 3. The average Bonchev–Trinajstić information content (AvgIpc) is 2.67. The van der Waals surface area contributed by atoms with E-state index >= 15 is 0 Å². The largest absolute Gasteiger partial charge is 0.378 e. The molecule has 0 aromatic carbocycles. The van der Waals surface area contributed by atoms with E-state index in [1.807, 2.05) is 11.0 Å². The van der Waals surface area contributed by atoms with E-state index in [0.29, 0.717) is 37.7 Å². The Morgan fingerprint density at radius 1 is 1.25 bits per heavy atom. The standard InChI is InChI=1S/C17H16N4O3/c22-17(20-23)15-10-14(4-3-13-2-1-5-18-11-13)12-19-16(15)21-6-8-24-9-7-21/h1-2,5,10-12,23H,6-9H2,(H,20,22). The van der Waals surface area contributed by atoms with E-state index in [1.165, 1.54) is 0 Å². The molecule has 2 aromatic heterocycles. The minimum Gasteiger partial charge on any atom is -0.378 e. The average molecular weight is 324 g/mol. The van der Waals surface area contributed by atoms with Gasteiger partial charge < -0.3 is 9.64 Å². The molecule has 1 amide bonds. The third kappa shape index (κ3) is 3.68. The highest BCUT2D eigenvalue weighted by molar-refractivity contribution is 5.98. The monoisotopic (exact) mass is 324 g/mol. The first kappa shape index (κ1) is 15.9. The Bertz CT molecular complexity index is 777. The zero-order valence-electron chi connectivity index (χ0n) is 12.9. The Kier molecular flexibility index (Phi) is 5.01. The lowest BCUT2D eigenvalue weighted by atomic mass is 10.1. The van der Waals surface area contributed by atoms with Crippen LogP contribution in [0.1, 0.15) is 21.5 Å². The van der Waals surface area contributed by atoms with E-state index in [2.05, 4.69) is 21.8 Å². The second kappa shape index (κ2) is 7.55. The fourth-order valence-electron chi connectivity index (χ4n) is 2.36. The zero-order valence-corrected chi connectivity index (χ0v) is 12.9. The van der Waals surface area contributed by atoms with Crippen molar-refractivity contribution in [3.63, 3.8) is 0 Å². The molecular weight excluding hydrogens is 308 g/mol. The van der Waals surface area contributed by atoms with Crippen LogP contribution in [0.4, 0.5) is 5.82 Å². The Morgan fingerprint density at radius 3 is 2.75 bits per heavy atom. The van der Waals surface area contributed by atoms with Crippen molar-refractivity contribution in [3.8, 4) is 11.8 Å². The molecule has 0 atom stereocenters. The summed E-state index contributed by atoms with van der Waals surface area (Å²) in [6, 6.07) is 5.26. The maximum Gasteiger partial charge on any atom is 0.278 e. The molecule has 1 aliphatic heterocycles. The topological polar surface area (TPSA) is 87.6 Å². The van der Waals surface area contributed by atoms with Crippen molar-refractivity contribution in [1.82, 2.24) is 15.4 Å². The van der Waals surface area contributed by atoms with Crippen LogP contribution in [-0.4, -0.2) is 47.4 Å². The summed E-state index contributed by atoms with van der Waals surface area (Å²) in [5, 5.41) is 9.00. The molecule has 0 aliphatic carbocycles. The Balaban J connectivity index is 1.92. The number of nitrogens with one attached hydrogen (secondary N) is 1. The molecule has 24 heavy (non-hydrogen) atoms. The van der Waals surface area contributed by atoms with Gasteiger partial charge in [0.05, 0.1) is 18.8 Å². The number of hydrogen-bond acceptors (Lipinski definition) is 6. The van der Waals surface area contributed by atoms with Gasteiger partial charge in [0, 0.05) is 42.8 Å². The number of ether oxygens (including phenoxy) is 1. The van der Waals surface area contributed by atoms with Crippen molar-refractivity contribution in [2.45, 2.75) is 0 Å². The molecule has 0 spiro atoms. The van der Waals surface area contributed by atoms with Gasteiger partial charge in [0.25, 0.3) is 5.91 Å². The Hall–Kier alpha value is -2.95. The van der Waals surface area contributed by atoms with Gasteiger partial charge in [-0.2, -0.15) is 0 Å². The molecule has 0 bridgehead atoms. The number of pyridine rings is 2. The molecular formula is C17H16N4O3. The van der Waals surface area contributed by atoms with Gasteiger partial charge >= 0.3 is 0 Å². The van der Waals surface area contributed by atoms with E-state index in [9.17, 15) is 4.79 Å². The summed E-state index contributed by atoms with van der Waals surface area (Å²) < 4.78 is 5.31. The second-order valence-electron chi connectivity index (χ2n) is 5.13. The smallest absolute Gasteiger partial charge is 0.278 e. The van der Waals surface area contributed by atoms with Crippen molar-refractivity contribution in [3.05, 3.63) is 53.5 Å². The van der Waals surface area contributed by atoms with Crippen LogP contribution in [0.2, 0.25) is 0 Å². The molecule has 1 aliphatic rings. The fourth-order valence-corrected chi connectivity index (χ4v) is 2.36. The van der Waals surface area contributed by atoms with Crippen LogP contribution in [-0.2, 0) is 4.74 Å². The molecule has 7 heteroatoms. The quantitative estimate of drug-likeness (QED) is 0.483. The maximum atomic E-state index is 12.0. The lowest BCUT2D eigenvalue weighted by Gasteiger charge is -2.29. The summed E-state index contributed by atoms with van der Waals surface area (Å²) in [5.41, 5.74) is 3.29. The van der Waals surface area contributed by atoms with Gasteiger partial charge in [-0.15, -0.1) is 0 Å². The molecule has 3 heterocycles. The SMILES string of the molecule is O=C(NO)c1cc(C#Cc2cccnc2)cnc1N1CCOCC1. The molecule has 2 aromatic rings. The summed E-state index contributed by atoms with van der Waals surface area (Å²) in [4.78, 5) is 22.3. The fraction of sp³-hybridized carbons (Fsp3) is 0.235. The molecule has 122 valence electrons. The first-order chi connectivity index (χ1) is 11.8. The van der Waals surface area contributed by atoms with Gasteiger partial charge in [0.15, 0.2) is 0 Å². The lowest BCUT2D eigenvalue weighted by Crippen LogP contribution is -2.38. The van der Waals surface area contributed by atoms with Crippen molar-refractivity contribution in [2.75, 3.05) is 31.2 Å². The van der Waals surface area contributed by atoms with Crippen LogP contribution >= 0.6 is 0 Å². The maximum absolute atomic E-state index is 12.0. The van der Waals surface area contributed by atoms with E-state index in [1.54, 1.807) is 36.2 Å². The number of rotatable bonds is 2. The first-order valence-corrected chi connectivity index (χ1v) is 7.47. The van der Waals surface area contributed by atoms with E-state index < -0.39 is 5.91 Å². The highest BCUT2D eigenvalue weighted by Gasteiger charge is 2.20. The van der Waals surface area contributed by atoms with Gasteiger partial charge in [-0.1, -0.05) is 11.8 Å². The Morgan fingerprint density at radius 2 is 2.04 bits per heavy atom. The first-order valence-electron chi connectivity index (χ1n) is 7.47. The lowest BCUT2D eigenvalue weighted by molar-refractivity contribution is 0.0705. The van der Waals surface area contributed by atoms with Crippen LogP contribution in [0.3, 0.4) is 0 Å². The number of amides is 1. The van der Waals surface area contributed by atoms with Crippen LogP contribution in [0, 0.1) is 11.8 Å². The number of hydroxylamine groups is 1. The Labute approximate surface area is 139 Å². The van der Waals surface area contributed by atoms with E-state index in [-0.39, 0.29) is 5.56 Å². The minimum absolute atomic E-state index is 0.275. The second-order valence-corrected chi connectivity index (χ2v) is 5.13. The number of anilines is 1. The van der Waals surface area contributed by atoms with E-state index in [0.717, 1.165) is 5.56 Å². The normalized spacial score (nSPS) is 13.8. The summed E-state index contributed by atoms with van der Waals surface area (Å²) in [5.74, 6) is 5.81. The van der Waals surface area contributed by atoms with Crippen LogP contribution in [0.15, 0.2) is 36.8 Å². The highest BCUT2D eigenvalue weighted by Crippen LogP contribution is 2.20. The van der Waals surface area contributed by atoms with E-state index in [4.69, 9.17) is 9.94 Å². The van der Waals surface area contributed by atoms with Crippen LogP contribution < -0.4 is 10.4 Å². The number of morpholine rings is 1. The zero-order chi connectivity index (χ0) is 16.8. The van der Waals surface area contributed by atoms with Crippen molar-refractivity contribution in [1.29, 1.82) is 0 Å². The van der Waals surface area contributed by atoms with Crippen molar-refractivity contribution in [2.24, 2.45) is 0 Å². The molecule has 2 N–H and O–H groups in total. The highest BCUT2D eigenvalue weighted by atomic mass is 16.5. The minimum atomic E-state index is -0.617. The number of hydrogen-bond donors (Lipinski definition) is 2. The third-order valence-corrected chi connectivity index (χ3v) is 3.54. The summed E-state index contributed by atoms with van der Waals surface area (Å²) in [6.07, 6.45) is 4.94. The van der Waals surface area contributed by atoms with Gasteiger partial charge in [0.2, 0.25) is 0 Å². The summed E-state index contributed by atoms with van der Waals surface area (Å²) in [6.45, 7) is 2.42. The van der Waals surface area contributed by atoms with Crippen molar-refractivity contribution < 1.29 is 14.7 Å². The molecule has 3 rings (SSSR count). The van der Waals surface area contributed by atoms with Crippen molar-refractivity contribution >= 4 is 11.7 Å². The molecule has 0 saturated carbocycles.